The van der Waals surface area contributed by atoms with Gasteiger partial charge in [0.15, 0.2) is 0 Å². The molecule has 46 heavy (non-hydrogen) atoms. The van der Waals surface area contributed by atoms with Gasteiger partial charge >= 0.3 is 0 Å². The molecule has 0 atom stereocenters. The molecule has 0 bridgehead atoms. The molecule has 0 saturated heterocycles. The van der Waals surface area contributed by atoms with Crippen LogP contribution in [0.1, 0.15) is 0 Å². The van der Waals surface area contributed by atoms with Crippen molar-refractivity contribution < 1.29 is 0 Å². The topological polar surface area (TPSA) is 8.17 Å². The first-order valence-electron chi connectivity index (χ1n) is 15.8. The fraction of sp³-hybridized carbons (Fsp3) is 0. The third-order valence-electron chi connectivity index (χ3n) is 9.13. The van der Waals surface area contributed by atoms with E-state index in [1.807, 2.05) is 0 Å². The van der Waals surface area contributed by atoms with E-state index in [1.165, 1.54) is 54.5 Å². The number of aromatic nitrogens is 1. The van der Waals surface area contributed by atoms with Crippen molar-refractivity contribution in [2.75, 3.05) is 4.90 Å². The normalized spacial score (nSPS) is 11.5. The number of hydrogen-bond acceptors (Lipinski definition) is 1. The Kier molecular flexibility index (Phi) is 6.17. The van der Waals surface area contributed by atoms with Gasteiger partial charge in [-0.25, -0.2) is 0 Å². The highest BCUT2D eigenvalue weighted by Gasteiger charge is 2.21. The number of anilines is 3. The predicted octanol–water partition coefficient (Wildman–Crippen LogP) is 12.2. The maximum atomic E-state index is 2.42. The molecule has 0 amide bonds. The summed E-state index contributed by atoms with van der Waals surface area (Å²) in [4.78, 5) is 2.40. The Morgan fingerprint density at radius 1 is 0.370 bits per heavy atom. The minimum atomic E-state index is 1.12. The van der Waals surface area contributed by atoms with Crippen molar-refractivity contribution >= 4 is 60.4 Å². The molecule has 0 aliphatic carbocycles. The minimum Gasteiger partial charge on any atom is -0.310 e. The first kappa shape index (κ1) is 26.3. The van der Waals surface area contributed by atoms with Gasteiger partial charge in [0.05, 0.1) is 16.7 Å². The quantitative estimate of drug-likeness (QED) is 0.195. The van der Waals surface area contributed by atoms with Crippen molar-refractivity contribution in [3.05, 3.63) is 182 Å². The highest BCUT2D eigenvalue weighted by atomic mass is 15.1. The van der Waals surface area contributed by atoms with Crippen molar-refractivity contribution in [3.8, 4) is 16.8 Å². The SMILES string of the molecule is c1ccc(N(c2ccc(-c3ccc4ccccc4c3)cc2)c2cc3c4ccccc4n(-c4ccccc4)c3c3ccccc23)cc1. The van der Waals surface area contributed by atoms with Crippen molar-refractivity contribution in [2.45, 2.75) is 0 Å². The highest BCUT2D eigenvalue weighted by molar-refractivity contribution is 6.22. The van der Waals surface area contributed by atoms with Crippen molar-refractivity contribution in [3.63, 3.8) is 0 Å². The number of nitrogens with zero attached hydrogens (tertiary/aromatic N) is 2. The minimum absolute atomic E-state index is 1.12. The third-order valence-corrected chi connectivity index (χ3v) is 9.13. The van der Waals surface area contributed by atoms with E-state index in [1.54, 1.807) is 0 Å². The van der Waals surface area contributed by atoms with Gasteiger partial charge in [0.2, 0.25) is 0 Å². The molecule has 8 aromatic carbocycles. The molecule has 2 nitrogen and oxygen atoms in total. The molecule has 9 aromatic rings. The number of hydrogen-bond donors (Lipinski definition) is 0. The van der Waals surface area contributed by atoms with E-state index in [0.717, 1.165) is 22.7 Å². The molecule has 0 aliphatic heterocycles. The first-order valence-corrected chi connectivity index (χ1v) is 15.8. The van der Waals surface area contributed by atoms with E-state index < -0.39 is 0 Å². The molecule has 0 aliphatic rings. The summed E-state index contributed by atoms with van der Waals surface area (Å²) in [7, 11) is 0. The zero-order chi connectivity index (χ0) is 30.5. The van der Waals surface area contributed by atoms with Crippen LogP contribution in [0.4, 0.5) is 17.1 Å². The molecule has 0 fully saturated rings. The van der Waals surface area contributed by atoms with Crippen LogP contribution in [0.25, 0.3) is 60.2 Å². The lowest BCUT2D eigenvalue weighted by atomic mass is 10.00. The molecule has 216 valence electrons. The van der Waals surface area contributed by atoms with Gasteiger partial charge in [-0.15, -0.1) is 0 Å². The number of rotatable bonds is 5. The lowest BCUT2D eigenvalue weighted by molar-refractivity contribution is 1.19. The summed E-state index contributed by atoms with van der Waals surface area (Å²) in [6.07, 6.45) is 0. The Hall–Kier alpha value is -6.12. The second-order valence-corrected chi connectivity index (χ2v) is 11.8. The molecular formula is C44H30N2. The smallest absolute Gasteiger partial charge is 0.0621 e. The van der Waals surface area contributed by atoms with Crippen LogP contribution in [0, 0.1) is 0 Å². The lowest BCUT2D eigenvalue weighted by Gasteiger charge is -2.27. The van der Waals surface area contributed by atoms with Crippen LogP contribution >= 0.6 is 0 Å². The van der Waals surface area contributed by atoms with E-state index in [0.29, 0.717) is 0 Å². The van der Waals surface area contributed by atoms with Crippen LogP contribution < -0.4 is 4.90 Å². The van der Waals surface area contributed by atoms with E-state index >= 15 is 0 Å². The number of fused-ring (bicyclic) bond motifs is 6. The lowest BCUT2D eigenvalue weighted by Crippen LogP contribution is -2.10. The molecule has 0 spiro atoms. The Morgan fingerprint density at radius 3 is 1.74 bits per heavy atom. The maximum absolute atomic E-state index is 2.42. The summed E-state index contributed by atoms with van der Waals surface area (Å²) in [5, 5.41) is 7.43. The predicted molar refractivity (Wildman–Crippen MR) is 196 cm³/mol. The van der Waals surface area contributed by atoms with Crippen LogP contribution in [0.5, 0.6) is 0 Å². The molecule has 0 radical (unpaired) electrons. The molecule has 1 aromatic heterocycles. The summed E-state index contributed by atoms with van der Waals surface area (Å²) >= 11 is 0. The van der Waals surface area contributed by atoms with E-state index in [-0.39, 0.29) is 0 Å². The summed E-state index contributed by atoms with van der Waals surface area (Å²) < 4.78 is 2.42. The number of para-hydroxylation sites is 3. The van der Waals surface area contributed by atoms with Crippen molar-refractivity contribution in [1.29, 1.82) is 0 Å². The zero-order valence-electron chi connectivity index (χ0n) is 25.2. The van der Waals surface area contributed by atoms with Gasteiger partial charge < -0.3 is 9.47 Å². The van der Waals surface area contributed by atoms with Crippen LogP contribution in [-0.2, 0) is 0 Å². The second-order valence-electron chi connectivity index (χ2n) is 11.8. The van der Waals surface area contributed by atoms with Gasteiger partial charge in [-0.2, -0.15) is 0 Å². The van der Waals surface area contributed by atoms with Gasteiger partial charge in [0.25, 0.3) is 0 Å². The summed E-state index contributed by atoms with van der Waals surface area (Å²) in [5.74, 6) is 0. The molecule has 0 saturated carbocycles. The molecular weight excluding hydrogens is 556 g/mol. The van der Waals surface area contributed by atoms with Crippen molar-refractivity contribution in [1.82, 2.24) is 4.57 Å². The van der Waals surface area contributed by atoms with E-state index in [9.17, 15) is 0 Å². The molecule has 0 N–H and O–H groups in total. The highest BCUT2D eigenvalue weighted by Crippen LogP contribution is 2.45. The average molecular weight is 587 g/mol. The largest absolute Gasteiger partial charge is 0.310 e. The summed E-state index contributed by atoms with van der Waals surface area (Å²) in [6, 6.07) is 65.7. The van der Waals surface area contributed by atoms with Gasteiger partial charge in [0.1, 0.15) is 0 Å². The monoisotopic (exact) mass is 586 g/mol. The van der Waals surface area contributed by atoms with Crippen molar-refractivity contribution in [2.24, 2.45) is 0 Å². The Bertz CT molecular complexity index is 2510. The molecule has 9 rings (SSSR count). The fourth-order valence-corrected chi connectivity index (χ4v) is 7.01. The Morgan fingerprint density at radius 2 is 0.957 bits per heavy atom. The maximum Gasteiger partial charge on any atom is 0.0621 e. The first-order chi connectivity index (χ1) is 22.8. The van der Waals surface area contributed by atoms with Crippen LogP contribution in [0.3, 0.4) is 0 Å². The van der Waals surface area contributed by atoms with Gasteiger partial charge in [-0.05, 0) is 76.5 Å². The summed E-state index contributed by atoms with van der Waals surface area (Å²) in [5.41, 5.74) is 9.41. The molecule has 1 heterocycles. The van der Waals surface area contributed by atoms with Gasteiger partial charge in [-0.3, -0.25) is 0 Å². The van der Waals surface area contributed by atoms with Gasteiger partial charge in [0, 0.05) is 38.6 Å². The van der Waals surface area contributed by atoms with Crippen LogP contribution in [-0.4, -0.2) is 4.57 Å². The average Bonchev–Trinajstić information content (AvgIpc) is 3.47. The summed E-state index contributed by atoms with van der Waals surface area (Å²) in [6.45, 7) is 0. The van der Waals surface area contributed by atoms with Gasteiger partial charge in [-0.1, -0.05) is 127 Å². The second kappa shape index (κ2) is 10.8. The van der Waals surface area contributed by atoms with E-state index in [4.69, 9.17) is 0 Å². The molecule has 2 heteroatoms. The zero-order valence-corrected chi connectivity index (χ0v) is 25.2. The number of benzene rings is 8. The van der Waals surface area contributed by atoms with Crippen LogP contribution in [0.2, 0.25) is 0 Å². The van der Waals surface area contributed by atoms with E-state index in [2.05, 4.69) is 191 Å². The molecule has 0 unspecified atom stereocenters. The Balaban J connectivity index is 1.28. The van der Waals surface area contributed by atoms with Crippen LogP contribution in [0.15, 0.2) is 182 Å². The standard InChI is InChI=1S/C44H30N2/c1-3-15-35(16-4-1)45(37-27-25-32(26-28-37)34-24-23-31-13-7-8-14-33(31)29-34)43-30-41-39-20-11-12-22-42(39)46(36-17-5-2-6-18-36)44(41)40-21-10-9-19-38(40)43/h1-30H. The fourth-order valence-electron chi connectivity index (χ4n) is 7.01. The Labute approximate surface area is 268 Å². The third kappa shape index (κ3) is 4.27.